The molecule has 0 atom stereocenters. The Morgan fingerprint density at radius 1 is 1.26 bits per heavy atom. The average molecular weight is 372 g/mol. The lowest BCUT2D eigenvalue weighted by Crippen LogP contribution is -2.41. The molecule has 0 fully saturated rings. The first kappa shape index (κ1) is 20.8. The van der Waals surface area contributed by atoms with Gasteiger partial charge in [0.05, 0.1) is 12.7 Å². The number of aryl methyl sites for hydroxylation is 1. The summed E-state index contributed by atoms with van der Waals surface area (Å²) in [6.07, 6.45) is 1.80. The smallest absolute Gasteiger partial charge is 0.213 e. The molecular weight excluding hydrogens is 338 g/mol. The fourth-order valence-corrected chi connectivity index (χ4v) is 2.72. The minimum atomic E-state index is -0.0371. The Kier molecular flexibility index (Phi) is 7.28. The van der Waals surface area contributed by atoms with Crippen molar-refractivity contribution < 1.29 is 4.42 Å². The number of anilines is 1. The van der Waals surface area contributed by atoms with E-state index in [2.05, 4.69) is 84.4 Å². The van der Waals surface area contributed by atoms with Gasteiger partial charge in [0.25, 0.3) is 0 Å². The maximum Gasteiger partial charge on any atom is 0.213 e. The van der Waals surface area contributed by atoms with Crippen LogP contribution in [0.15, 0.2) is 39.9 Å². The van der Waals surface area contributed by atoms with Crippen LogP contribution in [0.1, 0.15) is 44.9 Å². The second-order valence-electron chi connectivity index (χ2n) is 7.64. The fraction of sp³-hybridized carbons (Fsp3) is 0.524. The Morgan fingerprint density at radius 2 is 2.04 bits per heavy atom. The normalized spacial score (nSPS) is 12.1. The molecule has 2 aromatic rings. The number of nitrogens with zero attached hydrogens (tertiary/aromatic N) is 3. The van der Waals surface area contributed by atoms with Crippen LogP contribution in [-0.2, 0) is 12.0 Å². The molecule has 1 heterocycles. The van der Waals surface area contributed by atoms with Gasteiger partial charge in [-0.05, 0) is 31.5 Å². The van der Waals surface area contributed by atoms with Crippen LogP contribution in [0.25, 0.3) is 0 Å². The van der Waals surface area contributed by atoms with Gasteiger partial charge in [0.2, 0.25) is 5.89 Å². The molecule has 2 N–H and O–H groups in total. The molecule has 6 heteroatoms. The first-order valence-electron chi connectivity index (χ1n) is 9.54. The highest BCUT2D eigenvalue weighted by molar-refractivity contribution is 5.79. The van der Waals surface area contributed by atoms with Crippen molar-refractivity contribution in [3.63, 3.8) is 0 Å². The van der Waals surface area contributed by atoms with E-state index in [4.69, 9.17) is 4.42 Å². The van der Waals surface area contributed by atoms with Crippen LogP contribution in [0.3, 0.4) is 0 Å². The summed E-state index contributed by atoms with van der Waals surface area (Å²) in [6.45, 7) is 13.8. The lowest BCUT2D eigenvalue weighted by Gasteiger charge is -2.24. The molecule has 0 radical (unpaired) electrons. The number of hydrogen-bond acceptors (Lipinski definition) is 4. The Labute approximate surface area is 163 Å². The van der Waals surface area contributed by atoms with Crippen LogP contribution in [0.2, 0.25) is 0 Å². The predicted octanol–water partition coefficient (Wildman–Crippen LogP) is 3.47. The van der Waals surface area contributed by atoms with Gasteiger partial charge >= 0.3 is 0 Å². The van der Waals surface area contributed by atoms with Crippen molar-refractivity contribution in [3.05, 3.63) is 47.7 Å². The number of benzene rings is 1. The second kappa shape index (κ2) is 9.44. The first-order valence-corrected chi connectivity index (χ1v) is 9.54. The van der Waals surface area contributed by atoms with Gasteiger partial charge in [0, 0.05) is 37.8 Å². The zero-order valence-electron chi connectivity index (χ0n) is 17.5. The zero-order chi connectivity index (χ0) is 19.9. The quantitative estimate of drug-likeness (QED) is 0.576. The molecule has 0 aliphatic rings. The fourth-order valence-electron chi connectivity index (χ4n) is 2.72. The van der Waals surface area contributed by atoms with Crippen LogP contribution in [-0.4, -0.2) is 37.6 Å². The Bertz CT molecular complexity index is 745. The summed E-state index contributed by atoms with van der Waals surface area (Å²) in [5.41, 5.74) is 2.48. The third-order valence-corrected chi connectivity index (χ3v) is 4.35. The number of rotatable bonds is 7. The van der Waals surface area contributed by atoms with E-state index in [1.807, 2.05) is 0 Å². The second-order valence-corrected chi connectivity index (χ2v) is 7.64. The SMILES string of the molecule is CCN(CCNC(=NC)NCc1ncc(C(C)(C)C)o1)c1cccc(C)c1. The Hall–Kier alpha value is -2.50. The Morgan fingerprint density at radius 3 is 2.63 bits per heavy atom. The van der Waals surface area contributed by atoms with Gasteiger partial charge in [0.15, 0.2) is 5.96 Å². The van der Waals surface area contributed by atoms with Crippen LogP contribution in [0, 0.1) is 6.92 Å². The molecular formula is C21H33N5O. The summed E-state index contributed by atoms with van der Waals surface area (Å²) < 4.78 is 5.81. The number of guanidine groups is 1. The van der Waals surface area contributed by atoms with Crippen LogP contribution < -0.4 is 15.5 Å². The lowest BCUT2D eigenvalue weighted by molar-refractivity contribution is 0.379. The van der Waals surface area contributed by atoms with Gasteiger partial charge in [-0.1, -0.05) is 32.9 Å². The molecule has 1 aromatic heterocycles. The molecule has 27 heavy (non-hydrogen) atoms. The summed E-state index contributed by atoms with van der Waals surface area (Å²) in [6, 6.07) is 8.59. The minimum absolute atomic E-state index is 0.0371. The topological polar surface area (TPSA) is 65.7 Å². The standard InChI is InChI=1S/C21H33N5O/c1-7-26(17-10-8-9-16(2)13-17)12-11-23-20(22-6)25-15-19-24-14-18(27-19)21(3,4)5/h8-10,13-14H,7,11-12,15H2,1-6H3,(H2,22,23,25). The summed E-state index contributed by atoms with van der Waals surface area (Å²) in [7, 11) is 1.77. The molecule has 0 aliphatic carbocycles. The molecule has 0 bridgehead atoms. The van der Waals surface area contributed by atoms with Gasteiger partial charge in [-0.15, -0.1) is 0 Å². The maximum absolute atomic E-state index is 5.81. The third-order valence-electron chi connectivity index (χ3n) is 4.35. The highest BCUT2D eigenvalue weighted by atomic mass is 16.4. The maximum atomic E-state index is 5.81. The van der Waals surface area contributed by atoms with Crippen molar-refractivity contribution in [3.8, 4) is 0 Å². The molecule has 0 saturated carbocycles. The Balaban J connectivity index is 1.82. The van der Waals surface area contributed by atoms with Crippen molar-refractivity contribution in [1.82, 2.24) is 15.6 Å². The van der Waals surface area contributed by atoms with Crippen LogP contribution in [0.5, 0.6) is 0 Å². The predicted molar refractivity (Wildman–Crippen MR) is 112 cm³/mol. The number of likely N-dealkylation sites (N-methyl/N-ethyl adjacent to an activating group) is 1. The van der Waals surface area contributed by atoms with Crippen LogP contribution in [0.4, 0.5) is 5.69 Å². The molecule has 6 nitrogen and oxygen atoms in total. The van der Waals surface area contributed by atoms with E-state index in [1.165, 1.54) is 11.3 Å². The highest BCUT2D eigenvalue weighted by Crippen LogP contribution is 2.22. The summed E-state index contributed by atoms with van der Waals surface area (Å²) in [5.74, 6) is 2.29. The number of nitrogens with one attached hydrogen (secondary N) is 2. The molecule has 0 saturated heterocycles. The number of hydrogen-bond donors (Lipinski definition) is 2. The zero-order valence-corrected chi connectivity index (χ0v) is 17.5. The van der Waals surface area contributed by atoms with Gasteiger partial charge in [0.1, 0.15) is 5.76 Å². The van der Waals surface area contributed by atoms with Crippen molar-refractivity contribution in [2.24, 2.45) is 4.99 Å². The lowest BCUT2D eigenvalue weighted by atomic mass is 9.94. The van der Waals surface area contributed by atoms with Crippen molar-refractivity contribution in [2.45, 2.75) is 46.6 Å². The molecule has 0 aliphatic heterocycles. The van der Waals surface area contributed by atoms with Gasteiger partial charge < -0.3 is 20.0 Å². The number of oxazole rings is 1. The minimum Gasteiger partial charge on any atom is -0.443 e. The number of aromatic nitrogens is 1. The average Bonchev–Trinajstić information content (AvgIpc) is 3.10. The van der Waals surface area contributed by atoms with Crippen molar-refractivity contribution >= 4 is 11.6 Å². The first-order chi connectivity index (χ1) is 12.8. The summed E-state index contributed by atoms with van der Waals surface area (Å²) in [4.78, 5) is 11.0. The van der Waals surface area contributed by atoms with E-state index < -0.39 is 0 Å². The van der Waals surface area contributed by atoms with Crippen LogP contribution >= 0.6 is 0 Å². The summed E-state index contributed by atoms with van der Waals surface area (Å²) >= 11 is 0. The van der Waals surface area contributed by atoms with Gasteiger partial charge in [-0.25, -0.2) is 4.98 Å². The highest BCUT2D eigenvalue weighted by Gasteiger charge is 2.19. The summed E-state index contributed by atoms with van der Waals surface area (Å²) in [5, 5.41) is 6.61. The molecule has 0 amide bonds. The van der Waals surface area contributed by atoms with E-state index in [-0.39, 0.29) is 5.41 Å². The molecule has 1 aromatic carbocycles. The molecule has 2 rings (SSSR count). The van der Waals surface area contributed by atoms with E-state index >= 15 is 0 Å². The molecule has 148 valence electrons. The molecule has 0 spiro atoms. The van der Waals surface area contributed by atoms with E-state index in [9.17, 15) is 0 Å². The largest absolute Gasteiger partial charge is 0.443 e. The van der Waals surface area contributed by atoms with E-state index in [0.717, 1.165) is 31.4 Å². The van der Waals surface area contributed by atoms with Gasteiger partial charge in [-0.2, -0.15) is 0 Å². The number of aliphatic imine (C=N–C) groups is 1. The van der Waals surface area contributed by atoms with Crippen molar-refractivity contribution in [1.29, 1.82) is 0 Å². The van der Waals surface area contributed by atoms with Crippen molar-refractivity contribution in [2.75, 3.05) is 31.6 Å². The van der Waals surface area contributed by atoms with Gasteiger partial charge in [-0.3, -0.25) is 4.99 Å². The van der Waals surface area contributed by atoms with E-state index in [1.54, 1.807) is 13.2 Å². The molecule has 0 unspecified atom stereocenters. The monoisotopic (exact) mass is 371 g/mol. The third kappa shape index (κ3) is 6.31. The van der Waals surface area contributed by atoms with E-state index in [0.29, 0.717) is 12.4 Å².